The summed E-state index contributed by atoms with van der Waals surface area (Å²) in [5, 5.41) is 8.01. The van der Waals surface area contributed by atoms with Crippen LogP contribution < -0.4 is 10.5 Å². The van der Waals surface area contributed by atoms with Crippen LogP contribution in [0.5, 0.6) is 0 Å². The van der Waals surface area contributed by atoms with Crippen molar-refractivity contribution in [3.05, 3.63) is 24.0 Å². The van der Waals surface area contributed by atoms with E-state index < -0.39 is 15.8 Å². The first-order valence-corrected chi connectivity index (χ1v) is 8.97. The molecule has 6 heteroatoms. The van der Waals surface area contributed by atoms with Gasteiger partial charge in [-0.1, -0.05) is 32.6 Å². The molecule has 0 atom stereocenters. The van der Waals surface area contributed by atoms with Crippen LogP contribution in [-0.2, 0) is 10.0 Å². The zero-order chi connectivity index (χ0) is 15.5. The summed E-state index contributed by atoms with van der Waals surface area (Å²) in [5.41, 5.74) is 0.326. The van der Waals surface area contributed by atoms with Crippen molar-refractivity contribution in [2.24, 2.45) is 17.0 Å². The van der Waals surface area contributed by atoms with Crippen LogP contribution in [0.15, 0.2) is 23.1 Å². The highest BCUT2D eigenvalue weighted by atomic mass is 32.2. The van der Waals surface area contributed by atoms with Crippen LogP contribution in [0.4, 0.5) is 10.1 Å². The van der Waals surface area contributed by atoms with Gasteiger partial charge in [0.1, 0.15) is 5.82 Å². The van der Waals surface area contributed by atoms with Gasteiger partial charge in [-0.05, 0) is 36.5 Å². The van der Waals surface area contributed by atoms with E-state index in [-0.39, 0.29) is 4.90 Å². The molecule has 0 spiro atoms. The van der Waals surface area contributed by atoms with Gasteiger partial charge in [-0.15, -0.1) is 0 Å². The summed E-state index contributed by atoms with van der Waals surface area (Å²) >= 11 is 0. The summed E-state index contributed by atoms with van der Waals surface area (Å²) in [6.07, 6.45) is 6.07. The van der Waals surface area contributed by atoms with E-state index in [0.717, 1.165) is 18.4 Å². The predicted molar refractivity (Wildman–Crippen MR) is 82.0 cm³/mol. The van der Waals surface area contributed by atoms with Crippen molar-refractivity contribution in [1.29, 1.82) is 0 Å². The highest BCUT2D eigenvalue weighted by molar-refractivity contribution is 7.89. The number of nitrogens with one attached hydrogen (secondary N) is 1. The van der Waals surface area contributed by atoms with E-state index in [2.05, 4.69) is 12.2 Å². The van der Waals surface area contributed by atoms with Crippen molar-refractivity contribution in [2.45, 2.75) is 43.9 Å². The molecule has 1 aliphatic rings. The average Bonchev–Trinajstić information content (AvgIpc) is 2.41. The van der Waals surface area contributed by atoms with Crippen molar-refractivity contribution in [3.63, 3.8) is 0 Å². The number of hydrogen-bond acceptors (Lipinski definition) is 3. The summed E-state index contributed by atoms with van der Waals surface area (Å²) < 4.78 is 36.1. The largest absolute Gasteiger partial charge is 0.383 e. The van der Waals surface area contributed by atoms with Crippen molar-refractivity contribution < 1.29 is 12.8 Å². The standard InChI is InChI=1S/C15H23FN2O2S/c1-11-2-4-12(5-3-11)8-9-18-15-7-6-13(10-14(15)16)21(17,19)20/h6-7,10-12,18H,2-5,8-9H2,1H3,(H2,17,19,20). The molecule has 0 saturated heterocycles. The Morgan fingerprint density at radius 1 is 1.29 bits per heavy atom. The molecule has 3 N–H and O–H groups in total. The molecule has 1 aromatic rings. The molecule has 0 amide bonds. The van der Waals surface area contributed by atoms with Gasteiger partial charge in [0.15, 0.2) is 0 Å². The maximum absolute atomic E-state index is 13.8. The Bertz CT molecular complexity index is 581. The molecule has 0 unspecified atom stereocenters. The molecule has 0 radical (unpaired) electrons. The minimum Gasteiger partial charge on any atom is -0.383 e. The first kappa shape index (κ1) is 16.2. The Labute approximate surface area is 126 Å². The molecule has 1 saturated carbocycles. The lowest BCUT2D eigenvalue weighted by Crippen LogP contribution is -2.16. The lowest BCUT2D eigenvalue weighted by molar-refractivity contribution is 0.282. The van der Waals surface area contributed by atoms with E-state index in [9.17, 15) is 12.8 Å². The fourth-order valence-electron chi connectivity index (χ4n) is 2.84. The minimum atomic E-state index is -3.85. The van der Waals surface area contributed by atoms with Crippen LogP contribution in [-0.4, -0.2) is 15.0 Å². The minimum absolute atomic E-state index is 0.202. The Balaban J connectivity index is 1.86. The lowest BCUT2D eigenvalue weighted by atomic mass is 9.81. The number of benzene rings is 1. The number of anilines is 1. The SMILES string of the molecule is CC1CCC(CCNc2ccc(S(N)(=O)=O)cc2F)CC1. The summed E-state index contributed by atoms with van der Waals surface area (Å²) in [6, 6.07) is 3.71. The average molecular weight is 314 g/mol. The van der Waals surface area contributed by atoms with Crippen LogP contribution >= 0.6 is 0 Å². The summed E-state index contributed by atoms with van der Waals surface area (Å²) in [7, 11) is -3.85. The van der Waals surface area contributed by atoms with Gasteiger partial charge in [-0.2, -0.15) is 0 Å². The van der Waals surface area contributed by atoms with Gasteiger partial charge < -0.3 is 5.32 Å². The van der Waals surface area contributed by atoms with E-state index in [1.807, 2.05) is 0 Å². The predicted octanol–water partition coefficient (Wildman–Crippen LogP) is 3.10. The van der Waals surface area contributed by atoms with Gasteiger partial charge >= 0.3 is 0 Å². The summed E-state index contributed by atoms with van der Waals surface area (Å²) in [5.74, 6) is 0.955. The zero-order valence-electron chi connectivity index (χ0n) is 12.3. The van der Waals surface area contributed by atoms with Crippen LogP contribution in [0.1, 0.15) is 39.0 Å². The Hall–Kier alpha value is -1.14. The van der Waals surface area contributed by atoms with Crippen LogP contribution in [0.3, 0.4) is 0 Å². The molecule has 0 bridgehead atoms. The van der Waals surface area contributed by atoms with Crippen molar-refractivity contribution >= 4 is 15.7 Å². The van der Waals surface area contributed by atoms with Crippen LogP contribution in [0.25, 0.3) is 0 Å². The topological polar surface area (TPSA) is 72.2 Å². The molecule has 21 heavy (non-hydrogen) atoms. The van der Waals surface area contributed by atoms with Gasteiger partial charge in [0, 0.05) is 6.54 Å². The molecule has 0 aromatic heterocycles. The molecule has 2 rings (SSSR count). The highest BCUT2D eigenvalue weighted by Crippen LogP contribution is 2.30. The number of nitrogens with two attached hydrogens (primary N) is 1. The Kier molecular flexibility index (Phi) is 5.22. The second kappa shape index (κ2) is 6.75. The second-order valence-corrected chi connectivity index (χ2v) is 7.59. The number of primary sulfonamides is 1. The van der Waals surface area contributed by atoms with E-state index in [1.54, 1.807) is 0 Å². The van der Waals surface area contributed by atoms with E-state index in [4.69, 9.17) is 5.14 Å². The quantitative estimate of drug-likeness (QED) is 0.877. The highest BCUT2D eigenvalue weighted by Gasteiger charge is 2.18. The summed E-state index contributed by atoms with van der Waals surface area (Å²) in [4.78, 5) is -0.202. The molecular formula is C15H23FN2O2S. The van der Waals surface area contributed by atoms with Gasteiger partial charge in [0.05, 0.1) is 10.6 Å². The van der Waals surface area contributed by atoms with E-state index in [0.29, 0.717) is 18.2 Å². The third-order valence-electron chi connectivity index (χ3n) is 4.27. The van der Waals surface area contributed by atoms with Gasteiger partial charge in [-0.25, -0.2) is 17.9 Å². The van der Waals surface area contributed by atoms with Gasteiger partial charge in [0.25, 0.3) is 0 Å². The normalized spacial score (nSPS) is 23.0. The van der Waals surface area contributed by atoms with Crippen molar-refractivity contribution in [2.75, 3.05) is 11.9 Å². The molecule has 1 aliphatic carbocycles. The molecule has 0 aliphatic heterocycles. The summed E-state index contributed by atoms with van der Waals surface area (Å²) in [6.45, 7) is 2.99. The number of rotatable bonds is 5. The molecule has 1 fully saturated rings. The van der Waals surface area contributed by atoms with Crippen LogP contribution in [0, 0.1) is 17.7 Å². The van der Waals surface area contributed by atoms with Gasteiger partial charge in [-0.3, -0.25) is 0 Å². The number of hydrogen-bond donors (Lipinski definition) is 2. The Morgan fingerprint density at radius 3 is 2.52 bits per heavy atom. The fourth-order valence-corrected chi connectivity index (χ4v) is 3.37. The second-order valence-electron chi connectivity index (χ2n) is 6.03. The van der Waals surface area contributed by atoms with Crippen molar-refractivity contribution in [1.82, 2.24) is 0 Å². The first-order chi connectivity index (χ1) is 9.86. The molecular weight excluding hydrogens is 291 g/mol. The van der Waals surface area contributed by atoms with Gasteiger partial charge in [0.2, 0.25) is 10.0 Å². The fraction of sp³-hybridized carbons (Fsp3) is 0.600. The number of sulfonamides is 1. The maximum atomic E-state index is 13.8. The molecule has 0 heterocycles. The third-order valence-corrected chi connectivity index (χ3v) is 5.18. The van der Waals surface area contributed by atoms with E-state index >= 15 is 0 Å². The number of halogens is 1. The first-order valence-electron chi connectivity index (χ1n) is 7.42. The third kappa shape index (κ3) is 4.68. The smallest absolute Gasteiger partial charge is 0.238 e. The van der Waals surface area contributed by atoms with Crippen molar-refractivity contribution in [3.8, 4) is 0 Å². The Morgan fingerprint density at radius 2 is 1.95 bits per heavy atom. The molecule has 1 aromatic carbocycles. The molecule has 118 valence electrons. The monoisotopic (exact) mass is 314 g/mol. The van der Waals surface area contributed by atoms with E-state index in [1.165, 1.54) is 37.8 Å². The maximum Gasteiger partial charge on any atom is 0.238 e. The zero-order valence-corrected chi connectivity index (χ0v) is 13.1. The van der Waals surface area contributed by atoms with Crippen LogP contribution in [0.2, 0.25) is 0 Å². The molecule has 4 nitrogen and oxygen atoms in total. The lowest BCUT2D eigenvalue weighted by Gasteiger charge is -2.26.